The molecular formula is C17H13ClF3N3O2S2. The van der Waals surface area contributed by atoms with E-state index in [0.717, 1.165) is 11.5 Å². The van der Waals surface area contributed by atoms with E-state index in [1.807, 2.05) is 0 Å². The summed E-state index contributed by atoms with van der Waals surface area (Å²) in [6.07, 6.45) is 1.32. The lowest BCUT2D eigenvalue weighted by Gasteiger charge is -2.22. The summed E-state index contributed by atoms with van der Waals surface area (Å²) in [5.41, 5.74) is 0.708. The molecule has 0 saturated carbocycles. The van der Waals surface area contributed by atoms with E-state index >= 15 is 0 Å². The van der Waals surface area contributed by atoms with Crippen molar-refractivity contribution in [3.05, 3.63) is 58.6 Å². The number of halogens is 4. The number of nitrogens with zero attached hydrogens (tertiary/aromatic N) is 3. The maximum Gasteiger partial charge on any atom is 0.215 e. The van der Waals surface area contributed by atoms with Crippen LogP contribution >= 0.6 is 35.1 Å². The zero-order chi connectivity index (χ0) is 20.3. The molecule has 148 valence electrons. The Labute approximate surface area is 172 Å². The summed E-state index contributed by atoms with van der Waals surface area (Å²) in [6, 6.07) is 5.72. The van der Waals surface area contributed by atoms with Crippen molar-refractivity contribution in [2.24, 2.45) is 0 Å². The molecule has 0 amide bonds. The summed E-state index contributed by atoms with van der Waals surface area (Å²) < 4.78 is 58.0. The standard InChI is InChI=1S/C17H13ClF3N3O2S2/c1-25-10-4-3-9(13(5-10)26-2)7-24(17-22-8-23-27-17)28-16-12(20)6-11(19)14(18)15(16)21/h3-6,8H,7H2,1-2H3. The Bertz CT molecular complexity index is 977. The van der Waals surface area contributed by atoms with Crippen molar-refractivity contribution in [3.63, 3.8) is 0 Å². The minimum atomic E-state index is -1.18. The SMILES string of the molecule is COc1ccc(CN(Sc2c(F)cc(F)c(Cl)c2F)c2ncns2)c(OC)c1. The van der Waals surface area contributed by atoms with Crippen LogP contribution in [0.1, 0.15) is 5.56 Å². The Morgan fingerprint density at radius 1 is 1.14 bits per heavy atom. The molecule has 0 N–H and O–H groups in total. The van der Waals surface area contributed by atoms with Gasteiger partial charge in [-0.1, -0.05) is 11.6 Å². The van der Waals surface area contributed by atoms with Gasteiger partial charge in [0.25, 0.3) is 0 Å². The first-order valence-corrected chi connectivity index (χ1v) is 9.63. The zero-order valence-corrected chi connectivity index (χ0v) is 17.0. The second-order valence-electron chi connectivity index (χ2n) is 5.33. The highest BCUT2D eigenvalue weighted by molar-refractivity contribution is 8.00. The summed E-state index contributed by atoms with van der Waals surface area (Å²) in [5, 5.41) is -0.384. The van der Waals surface area contributed by atoms with E-state index in [9.17, 15) is 13.2 Å². The summed E-state index contributed by atoms with van der Waals surface area (Å²) in [4.78, 5) is 3.64. The molecule has 5 nitrogen and oxygen atoms in total. The molecule has 0 atom stereocenters. The third-order valence-electron chi connectivity index (χ3n) is 3.64. The predicted octanol–water partition coefficient (Wildman–Crippen LogP) is 5.34. The van der Waals surface area contributed by atoms with Crippen LogP contribution < -0.4 is 13.8 Å². The van der Waals surface area contributed by atoms with Crippen LogP contribution in [0.25, 0.3) is 0 Å². The Morgan fingerprint density at radius 2 is 1.93 bits per heavy atom. The van der Waals surface area contributed by atoms with E-state index in [1.165, 1.54) is 24.9 Å². The average molecular weight is 448 g/mol. The largest absolute Gasteiger partial charge is 0.497 e. The van der Waals surface area contributed by atoms with Gasteiger partial charge in [-0.3, -0.25) is 4.31 Å². The molecule has 0 aliphatic rings. The number of rotatable bonds is 7. The molecule has 0 radical (unpaired) electrons. The first kappa shape index (κ1) is 20.6. The second-order valence-corrected chi connectivity index (χ2v) is 7.49. The minimum absolute atomic E-state index is 0.168. The molecule has 0 aliphatic carbocycles. The van der Waals surface area contributed by atoms with Crippen LogP contribution in [0.5, 0.6) is 11.5 Å². The monoisotopic (exact) mass is 447 g/mol. The fraction of sp³-hybridized carbons (Fsp3) is 0.176. The molecule has 28 heavy (non-hydrogen) atoms. The molecule has 11 heteroatoms. The fourth-order valence-corrected chi connectivity index (χ4v) is 4.03. The average Bonchev–Trinajstić information content (AvgIpc) is 3.23. The number of aromatic nitrogens is 2. The highest BCUT2D eigenvalue weighted by Crippen LogP contribution is 2.38. The fourth-order valence-electron chi connectivity index (χ4n) is 2.30. The van der Waals surface area contributed by atoms with Gasteiger partial charge in [0.1, 0.15) is 39.4 Å². The van der Waals surface area contributed by atoms with Crippen LogP contribution in [0.15, 0.2) is 35.5 Å². The number of benzene rings is 2. The van der Waals surface area contributed by atoms with Gasteiger partial charge in [-0.05, 0) is 24.1 Å². The number of anilines is 1. The van der Waals surface area contributed by atoms with Crippen LogP contribution in [0.2, 0.25) is 5.02 Å². The van der Waals surface area contributed by atoms with Crippen molar-refractivity contribution in [2.45, 2.75) is 11.4 Å². The number of hydrogen-bond donors (Lipinski definition) is 0. The normalized spacial score (nSPS) is 10.8. The van der Waals surface area contributed by atoms with Crippen LogP contribution in [0, 0.1) is 17.5 Å². The lowest BCUT2D eigenvalue weighted by atomic mass is 10.2. The smallest absolute Gasteiger partial charge is 0.215 e. The molecule has 1 aromatic heterocycles. The third-order valence-corrected chi connectivity index (χ3v) is 5.87. The van der Waals surface area contributed by atoms with Crippen LogP contribution in [0.4, 0.5) is 18.3 Å². The Hall–Kier alpha value is -2.17. The molecule has 0 aliphatic heterocycles. The van der Waals surface area contributed by atoms with Gasteiger partial charge in [-0.15, -0.1) is 0 Å². The molecular weight excluding hydrogens is 435 g/mol. The molecule has 1 heterocycles. The van der Waals surface area contributed by atoms with E-state index in [0.29, 0.717) is 40.2 Å². The van der Waals surface area contributed by atoms with Gasteiger partial charge in [-0.2, -0.15) is 4.37 Å². The summed E-state index contributed by atoms with van der Waals surface area (Å²) in [5.74, 6) is -2.30. The second kappa shape index (κ2) is 8.89. The van der Waals surface area contributed by atoms with Crippen molar-refractivity contribution in [1.82, 2.24) is 9.36 Å². The highest BCUT2D eigenvalue weighted by Gasteiger charge is 2.23. The first-order valence-electron chi connectivity index (χ1n) is 7.70. The third kappa shape index (κ3) is 4.29. The molecule has 0 bridgehead atoms. The van der Waals surface area contributed by atoms with Crippen molar-refractivity contribution in [3.8, 4) is 11.5 Å². The number of hydrogen-bond acceptors (Lipinski definition) is 7. The van der Waals surface area contributed by atoms with Gasteiger partial charge in [0, 0.05) is 29.2 Å². The maximum atomic E-state index is 14.4. The maximum absolute atomic E-state index is 14.4. The molecule has 3 aromatic rings. The quantitative estimate of drug-likeness (QED) is 0.277. The topological polar surface area (TPSA) is 47.5 Å². The minimum Gasteiger partial charge on any atom is -0.497 e. The van der Waals surface area contributed by atoms with E-state index in [1.54, 1.807) is 18.2 Å². The van der Waals surface area contributed by atoms with Crippen molar-refractivity contribution < 1.29 is 22.6 Å². The molecule has 0 saturated heterocycles. The summed E-state index contributed by atoms with van der Waals surface area (Å²) >= 11 is 7.33. The predicted molar refractivity (Wildman–Crippen MR) is 103 cm³/mol. The van der Waals surface area contributed by atoms with Crippen LogP contribution in [-0.2, 0) is 6.54 Å². The first-order chi connectivity index (χ1) is 13.4. The highest BCUT2D eigenvalue weighted by atomic mass is 35.5. The number of methoxy groups -OCH3 is 2. The van der Waals surface area contributed by atoms with Gasteiger partial charge >= 0.3 is 0 Å². The Balaban J connectivity index is 1.98. The number of ether oxygens (including phenoxy) is 2. The zero-order valence-electron chi connectivity index (χ0n) is 14.6. The molecule has 0 fully saturated rings. The van der Waals surface area contributed by atoms with Crippen molar-refractivity contribution in [1.29, 1.82) is 0 Å². The van der Waals surface area contributed by atoms with Crippen LogP contribution in [0.3, 0.4) is 0 Å². The Morgan fingerprint density at radius 3 is 2.57 bits per heavy atom. The van der Waals surface area contributed by atoms with E-state index in [4.69, 9.17) is 21.1 Å². The lowest BCUT2D eigenvalue weighted by molar-refractivity contribution is 0.391. The van der Waals surface area contributed by atoms with Crippen molar-refractivity contribution >= 4 is 40.2 Å². The van der Waals surface area contributed by atoms with Gasteiger partial charge < -0.3 is 9.47 Å². The Kier molecular flexibility index (Phi) is 6.53. The van der Waals surface area contributed by atoms with Gasteiger partial charge in [-0.25, -0.2) is 18.2 Å². The molecule has 2 aromatic carbocycles. The summed E-state index contributed by atoms with van der Waals surface area (Å²) in [7, 11) is 3.03. The van der Waals surface area contributed by atoms with Crippen molar-refractivity contribution in [2.75, 3.05) is 18.5 Å². The van der Waals surface area contributed by atoms with E-state index < -0.39 is 27.4 Å². The van der Waals surface area contributed by atoms with Crippen LogP contribution in [-0.4, -0.2) is 23.6 Å². The van der Waals surface area contributed by atoms with E-state index in [-0.39, 0.29) is 6.54 Å². The lowest BCUT2D eigenvalue weighted by Crippen LogP contribution is -2.15. The summed E-state index contributed by atoms with van der Waals surface area (Å²) in [6.45, 7) is 0.168. The van der Waals surface area contributed by atoms with Gasteiger partial charge in [0.2, 0.25) is 5.13 Å². The van der Waals surface area contributed by atoms with Gasteiger partial charge in [0.05, 0.1) is 20.8 Å². The van der Waals surface area contributed by atoms with E-state index in [2.05, 4.69) is 9.36 Å². The van der Waals surface area contributed by atoms with Gasteiger partial charge in [0.15, 0.2) is 5.82 Å². The molecule has 0 spiro atoms. The molecule has 3 rings (SSSR count). The molecule has 0 unspecified atom stereocenters.